The smallest absolute Gasteiger partial charge is 0.319 e. The van der Waals surface area contributed by atoms with Gasteiger partial charge in [-0.05, 0) is 0 Å². The molecule has 0 atom stereocenters. The maximum Gasteiger partial charge on any atom is 0.319 e. The lowest BCUT2D eigenvalue weighted by molar-refractivity contribution is -0.143. The molecule has 0 aromatic heterocycles. The van der Waals surface area contributed by atoms with Crippen LogP contribution in [-0.4, -0.2) is 53.8 Å². The fraction of sp³-hybridized carbons (Fsp3) is 0.500. The Kier molecular flexibility index (Phi) is 5.31. The molecule has 0 aromatic rings. The van der Waals surface area contributed by atoms with Crippen LogP contribution in [0.1, 0.15) is 0 Å². The number of aliphatic carboxylic acids is 1. The van der Waals surface area contributed by atoms with Crippen molar-refractivity contribution >= 4 is 11.9 Å². The lowest BCUT2D eigenvalue weighted by atomic mass is 10.4. The number of esters is 1. The van der Waals surface area contributed by atoms with Crippen molar-refractivity contribution < 1.29 is 24.5 Å². The molecule has 14 heavy (non-hydrogen) atoms. The highest BCUT2D eigenvalue weighted by Crippen LogP contribution is 1.94. The van der Waals surface area contributed by atoms with Crippen molar-refractivity contribution in [2.24, 2.45) is 0 Å². The maximum absolute atomic E-state index is 10.8. The second-order valence-electron chi connectivity index (χ2n) is 2.68. The van der Waals surface area contributed by atoms with Crippen LogP contribution < -0.4 is 0 Å². The third kappa shape index (κ3) is 6.01. The van der Waals surface area contributed by atoms with Gasteiger partial charge < -0.3 is 14.9 Å². The van der Waals surface area contributed by atoms with Crippen LogP contribution in [0.5, 0.6) is 0 Å². The third-order valence-corrected chi connectivity index (χ3v) is 1.35. The number of hydrogen-bond donors (Lipinski definition) is 2. The molecule has 0 aliphatic heterocycles. The molecule has 0 fully saturated rings. The van der Waals surface area contributed by atoms with E-state index < -0.39 is 11.9 Å². The quantitative estimate of drug-likeness (QED) is 0.452. The van der Waals surface area contributed by atoms with Crippen LogP contribution >= 0.6 is 0 Å². The van der Waals surface area contributed by atoms with E-state index in [0.29, 0.717) is 0 Å². The number of carboxylic acids is 1. The molecule has 0 aliphatic rings. The number of carbonyl (C=O) groups excluding carboxylic acids is 1. The van der Waals surface area contributed by atoms with Gasteiger partial charge in [-0.15, -0.1) is 0 Å². The largest absolute Gasteiger partial charge is 0.512 e. The number of carboxylic acid groups (broad SMARTS) is 1. The van der Waals surface area contributed by atoms with E-state index in [-0.39, 0.29) is 25.4 Å². The van der Waals surface area contributed by atoms with Crippen LogP contribution in [-0.2, 0) is 14.3 Å². The molecular formula is C8H13NO5. The van der Waals surface area contributed by atoms with E-state index in [2.05, 4.69) is 11.3 Å². The van der Waals surface area contributed by atoms with Gasteiger partial charge in [0.25, 0.3) is 0 Å². The molecule has 0 rings (SSSR count). The Hall–Kier alpha value is -1.56. The predicted octanol–water partition coefficient (Wildman–Crippen LogP) is -0.382. The van der Waals surface area contributed by atoms with Crippen molar-refractivity contribution in [3.63, 3.8) is 0 Å². The van der Waals surface area contributed by atoms with Crippen LogP contribution in [0.2, 0.25) is 0 Å². The molecule has 0 unspecified atom stereocenters. The third-order valence-electron chi connectivity index (χ3n) is 1.35. The molecule has 0 saturated carbocycles. The van der Waals surface area contributed by atoms with Crippen LogP contribution in [0.4, 0.5) is 0 Å². The molecule has 0 radical (unpaired) electrons. The predicted molar refractivity (Wildman–Crippen MR) is 47.9 cm³/mol. The number of rotatable bonds is 6. The Morgan fingerprint density at radius 3 is 2.21 bits per heavy atom. The van der Waals surface area contributed by atoms with Crippen molar-refractivity contribution in [2.75, 3.05) is 26.7 Å². The minimum Gasteiger partial charge on any atom is -0.512 e. The number of aliphatic hydroxyl groups excluding tert-OH is 1. The number of ether oxygens (including phenoxy) is 1. The highest BCUT2D eigenvalue weighted by molar-refractivity contribution is 5.73. The summed E-state index contributed by atoms with van der Waals surface area (Å²) in [5.74, 6) is -1.85. The standard InChI is InChI=1S/C8H13NO5/c1-6(10)3-9(4-7(11)12)5-8(13)14-2/h10H,1,3-5H2,2H3,(H,11,12). The zero-order chi connectivity index (χ0) is 11.1. The molecule has 0 spiro atoms. The summed E-state index contributed by atoms with van der Waals surface area (Å²) in [7, 11) is 1.20. The normalized spacial score (nSPS) is 9.86. The lowest BCUT2D eigenvalue weighted by Gasteiger charge is -2.17. The van der Waals surface area contributed by atoms with E-state index in [1.807, 2.05) is 0 Å². The van der Waals surface area contributed by atoms with E-state index in [4.69, 9.17) is 10.2 Å². The van der Waals surface area contributed by atoms with Crippen molar-refractivity contribution in [1.82, 2.24) is 4.90 Å². The number of methoxy groups -OCH3 is 1. The van der Waals surface area contributed by atoms with Gasteiger partial charge in [0, 0.05) is 0 Å². The molecule has 6 heteroatoms. The highest BCUT2D eigenvalue weighted by Gasteiger charge is 2.14. The Balaban J connectivity index is 4.16. The van der Waals surface area contributed by atoms with Crippen LogP contribution in [0, 0.1) is 0 Å². The monoisotopic (exact) mass is 203 g/mol. The molecule has 0 amide bonds. The Morgan fingerprint density at radius 2 is 1.86 bits per heavy atom. The fourth-order valence-corrected chi connectivity index (χ4v) is 0.864. The Bertz CT molecular complexity index is 222. The Labute approximate surface area is 81.4 Å². The Morgan fingerprint density at radius 1 is 1.29 bits per heavy atom. The molecule has 0 heterocycles. The zero-order valence-electron chi connectivity index (χ0n) is 7.89. The van der Waals surface area contributed by atoms with Gasteiger partial charge in [0.15, 0.2) is 0 Å². The maximum atomic E-state index is 10.8. The number of hydrogen-bond acceptors (Lipinski definition) is 5. The molecule has 0 saturated heterocycles. The molecule has 2 N–H and O–H groups in total. The minimum atomic E-state index is -1.09. The second kappa shape index (κ2) is 5.98. The van der Waals surface area contributed by atoms with Crippen molar-refractivity contribution in [3.05, 3.63) is 12.3 Å². The summed E-state index contributed by atoms with van der Waals surface area (Å²) in [5, 5.41) is 17.3. The van der Waals surface area contributed by atoms with Gasteiger partial charge in [-0.25, -0.2) is 0 Å². The molecule has 0 bridgehead atoms. The first-order chi connectivity index (χ1) is 6.45. The van der Waals surface area contributed by atoms with Gasteiger partial charge in [0.2, 0.25) is 0 Å². The average Bonchev–Trinajstić information content (AvgIpc) is 2.01. The summed E-state index contributed by atoms with van der Waals surface area (Å²) < 4.78 is 4.36. The van der Waals surface area contributed by atoms with Gasteiger partial charge in [0.05, 0.1) is 32.5 Å². The molecule has 80 valence electrons. The van der Waals surface area contributed by atoms with Crippen LogP contribution in [0.15, 0.2) is 12.3 Å². The van der Waals surface area contributed by atoms with E-state index in [0.717, 1.165) is 0 Å². The summed E-state index contributed by atoms with van der Waals surface area (Å²) in [6.45, 7) is 2.59. The lowest BCUT2D eigenvalue weighted by Crippen LogP contribution is -2.36. The van der Waals surface area contributed by atoms with Crippen LogP contribution in [0.3, 0.4) is 0 Å². The van der Waals surface area contributed by atoms with Gasteiger partial charge in [-0.1, -0.05) is 6.58 Å². The molecule has 6 nitrogen and oxygen atoms in total. The average molecular weight is 203 g/mol. The highest BCUT2D eigenvalue weighted by atomic mass is 16.5. The van der Waals surface area contributed by atoms with Crippen molar-refractivity contribution in [2.45, 2.75) is 0 Å². The van der Waals surface area contributed by atoms with Gasteiger partial charge in [-0.2, -0.15) is 0 Å². The minimum absolute atomic E-state index is 0.0681. The van der Waals surface area contributed by atoms with Gasteiger partial charge in [0.1, 0.15) is 0 Å². The summed E-state index contributed by atoms with van der Waals surface area (Å²) in [6, 6.07) is 0. The summed E-state index contributed by atoms with van der Waals surface area (Å²) >= 11 is 0. The van der Waals surface area contributed by atoms with Crippen molar-refractivity contribution in [1.29, 1.82) is 0 Å². The van der Waals surface area contributed by atoms with Crippen LogP contribution in [0.25, 0.3) is 0 Å². The topological polar surface area (TPSA) is 87.1 Å². The van der Waals surface area contributed by atoms with Gasteiger partial charge >= 0.3 is 11.9 Å². The van der Waals surface area contributed by atoms with E-state index >= 15 is 0 Å². The number of nitrogens with zero attached hydrogens (tertiary/aromatic N) is 1. The first-order valence-corrected chi connectivity index (χ1v) is 3.83. The SMILES string of the molecule is C=C(O)CN(CC(=O)O)CC(=O)OC. The second-order valence-corrected chi connectivity index (χ2v) is 2.68. The summed E-state index contributed by atoms with van der Waals surface area (Å²) in [5.41, 5.74) is 0. The zero-order valence-corrected chi connectivity index (χ0v) is 7.89. The molecule has 0 aromatic carbocycles. The van der Waals surface area contributed by atoms with E-state index in [9.17, 15) is 9.59 Å². The number of carbonyl (C=O) groups is 2. The van der Waals surface area contributed by atoms with Gasteiger partial charge in [-0.3, -0.25) is 14.5 Å². The fourth-order valence-electron chi connectivity index (χ4n) is 0.864. The first kappa shape index (κ1) is 12.4. The first-order valence-electron chi connectivity index (χ1n) is 3.83. The van der Waals surface area contributed by atoms with Crippen molar-refractivity contribution in [3.8, 4) is 0 Å². The van der Waals surface area contributed by atoms with E-state index in [1.54, 1.807) is 0 Å². The van der Waals surface area contributed by atoms with E-state index in [1.165, 1.54) is 12.0 Å². The molecule has 0 aliphatic carbocycles. The molecular weight excluding hydrogens is 190 g/mol. The summed E-state index contributed by atoms with van der Waals surface area (Å²) in [6.07, 6.45) is 0. The summed E-state index contributed by atoms with van der Waals surface area (Å²) in [4.78, 5) is 22.4. The number of aliphatic hydroxyl groups is 1.